The minimum Gasteiger partial charge on any atom is -0.399 e. The molecular weight excluding hydrogens is 290 g/mol. The topological polar surface area (TPSA) is 67.6 Å². The zero-order valence-corrected chi connectivity index (χ0v) is 13.2. The van der Waals surface area contributed by atoms with Gasteiger partial charge >= 0.3 is 0 Å². The summed E-state index contributed by atoms with van der Waals surface area (Å²) in [5, 5.41) is 3.57. The quantitative estimate of drug-likeness (QED) is 0.830. The number of nitrogens with zero attached hydrogens (tertiary/aromatic N) is 1. The molecule has 2 rings (SSSR count). The second-order valence-corrected chi connectivity index (χ2v) is 5.98. The first-order valence-corrected chi connectivity index (χ1v) is 7.51. The first-order chi connectivity index (χ1) is 9.97. The normalized spacial score (nSPS) is 19.7. The van der Waals surface area contributed by atoms with Gasteiger partial charge in [0, 0.05) is 29.8 Å². The Labute approximate surface area is 130 Å². The van der Waals surface area contributed by atoms with Gasteiger partial charge < -0.3 is 15.8 Å². The predicted molar refractivity (Wildman–Crippen MR) is 84.2 cm³/mol. The molecule has 1 unspecified atom stereocenters. The fraction of sp³-hybridized carbons (Fsp3) is 0.533. The smallest absolute Gasteiger partial charge is 0.239 e. The standard InChI is InChI=1S/C15H22ClN3O2/c1-10(2)18-15(20)14-9-21-6-5-19(14)8-11-3-4-12(17)7-13(11)16/h3-4,7,10,14H,5-6,8-9,17H2,1-2H3,(H,18,20). The molecule has 3 N–H and O–H groups in total. The molecule has 5 nitrogen and oxygen atoms in total. The third-order valence-electron chi connectivity index (χ3n) is 3.42. The number of amides is 1. The number of halogens is 1. The van der Waals surface area contributed by atoms with Gasteiger partial charge in [-0.05, 0) is 31.5 Å². The van der Waals surface area contributed by atoms with Crippen molar-refractivity contribution in [3.63, 3.8) is 0 Å². The van der Waals surface area contributed by atoms with Gasteiger partial charge in [0.15, 0.2) is 0 Å². The van der Waals surface area contributed by atoms with Crippen molar-refractivity contribution in [3.8, 4) is 0 Å². The zero-order chi connectivity index (χ0) is 15.4. The Bertz CT molecular complexity index is 508. The molecule has 6 heteroatoms. The average Bonchev–Trinajstić information content (AvgIpc) is 2.41. The molecule has 1 fully saturated rings. The van der Waals surface area contributed by atoms with Crippen LogP contribution in [-0.2, 0) is 16.1 Å². The van der Waals surface area contributed by atoms with Gasteiger partial charge in [0.25, 0.3) is 0 Å². The van der Waals surface area contributed by atoms with Crippen molar-refractivity contribution < 1.29 is 9.53 Å². The zero-order valence-electron chi connectivity index (χ0n) is 12.4. The van der Waals surface area contributed by atoms with Crippen molar-refractivity contribution in [1.82, 2.24) is 10.2 Å². The van der Waals surface area contributed by atoms with Gasteiger partial charge in [-0.15, -0.1) is 0 Å². The monoisotopic (exact) mass is 311 g/mol. The molecule has 116 valence electrons. The molecule has 0 spiro atoms. The van der Waals surface area contributed by atoms with Crippen molar-refractivity contribution in [2.75, 3.05) is 25.5 Å². The fourth-order valence-corrected chi connectivity index (χ4v) is 2.61. The van der Waals surface area contributed by atoms with E-state index < -0.39 is 0 Å². The van der Waals surface area contributed by atoms with E-state index in [1.165, 1.54) is 0 Å². The van der Waals surface area contributed by atoms with Crippen LogP contribution in [-0.4, -0.2) is 42.6 Å². The lowest BCUT2D eigenvalue weighted by Crippen LogP contribution is -2.54. The number of hydrogen-bond acceptors (Lipinski definition) is 4. The molecule has 0 aromatic heterocycles. The van der Waals surface area contributed by atoms with Gasteiger partial charge in [0.05, 0.1) is 13.2 Å². The third-order valence-corrected chi connectivity index (χ3v) is 3.78. The van der Waals surface area contributed by atoms with Crippen LogP contribution in [0.3, 0.4) is 0 Å². The highest BCUT2D eigenvalue weighted by Crippen LogP contribution is 2.22. The Morgan fingerprint density at radius 1 is 1.57 bits per heavy atom. The van der Waals surface area contributed by atoms with Crippen LogP contribution >= 0.6 is 11.6 Å². The lowest BCUT2D eigenvalue weighted by Gasteiger charge is -2.35. The summed E-state index contributed by atoms with van der Waals surface area (Å²) < 4.78 is 5.45. The van der Waals surface area contributed by atoms with Crippen molar-refractivity contribution in [2.45, 2.75) is 32.5 Å². The van der Waals surface area contributed by atoms with Crippen LogP contribution < -0.4 is 11.1 Å². The summed E-state index contributed by atoms with van der Waals surface area (Å²) in [7, 11) is 0. The van der Waals surface area contributed by atoms with Crippen molar-refractivity contribution in [1.29, 1.82) is 0 Å². The largest absolute Gasteiger partial charge is 0.399 e. The summed E-state index contributed by atoms with van der Waals surface area (Å²) in [6, 6.07) is 5.30. The molecule has 1 aromatic carbocycles. The molecule has 1 atom stereocenters. The molecule has 1 amide bonds. The number of ether oxygens (including phenoxy) is 1. The molecule has 0 bridgehead atoms. The number of hydrogen-bond donors (Lipinski definition) is 2. The number of nitrogen functional groups attached to an aromatic ring is 1. The molecule has 1 aliphatic heterocycles. The van der Waals surface area contributed by atoms with E-state index >= 15 is 0 Å². The van der Waals surface area contributed by atoms with Gasteiger partial charge in [-0.25, -0.2) is 0 Å². The highest BCUT2D eigenvalue weighted by molar-refractivity contribution is 6.31. The second-order valence-electron chi connectivity index (χ2n) is 5.58. The van der Waals surface area contributed by atoms with E-state index in [1.807, 2.05) is 26.0 Å². The Morgan fingerprint density at radius 3 is 3.00 bits per heavy atom. The predicted octanol–water partition coefficient (Wildman–Crippen LogP) is 1.65. The summed E-state index contributed by atoms with van der Waals surface area (Å²) >= 11 is 6.22. The van der Waals surface area contributed by atoms with Crippen LogP contribution in [0.2, 0.25) is 5.02 Å². The fourth-order valence-electron chi connectivity index (χ4n) is 2.36. The first kappa shape index (κ1) is 16.1. The summed E-state index contributed by atoms with van der Waals surface area (Å²) in [6.07, 6.45) is 0. The molecule has 1 aromatic rings. The van der Waals surface area contributed by atoms with Crippen LogP contribution in [0, 0.1) is 0 Å². The van der Waals surface area contributed by atoms with E-state index in [0.717, 1.165) is 5.56 Å². The SMILES string of the molecule is CC(C)NC(=O)C1COCCN1Cc1ccc(N)cc1Cl. The molecule has 0 saturated carbocycles. The van der Waals surface area contributed by atoms with Gasteiger partial charge in [0.1, 0.15) is 6.04 Å². The lowest BCUT2D eigenvalue weighted by molar-refractivity contribution is -0.133. The second kappa shape index (κ2) is 7.11. The summed E-state index contributed by atoms with van der Waals surface area (Å²) in [6.45, 7) is 6.24. The number of morpholine rings is 1. The highest BCUT2D eigenvalue weighted by atomic mass is 35.5. The van der Waals surface area contributed by atoms with Crippen LogP contribution in [0.25, 0.3) is 0 Å². The number of nitrogens with two attached hydrogens (primary N) is 1. The Balaban J connectivity index is 2.09. The minimum atomic E-state index is -0.283. The van der Waals surface area contributed by atoms with Gasteiger partial charge in [-0.3, -0.25) is 9.69 Å². The molecule has 0 radical (unpaired) electrons. The van der Waals surface area contributed by atoms with Gasteiger partial charge in [-0.2, -0.15) is 0 Å². The Hall–Kier alpha value is -1.30. The average molecular weight is 312 g/mol. The van der Waals surface area contributed by atoms with Crippen molar-refractivity contribution >= 4 is 23.2 Å². The molecule has 1 saturated heterocycles. The van der Waals surface area contributed by atoms with Gasteiger partial charge in [-0.1, -0.05) is 17.7 Å². The van der Waals surface area contributed by atoms with Crippen LogP contribution in [0.1, 0.15) is 19.4 Å². The van der Waals surface area contributed by atoms with E-state index in [-0.39, 0.29) is 18.0 Å². The van der Waals surface area contributed by atoms with E-state index in [1.54, 1.807) is 6.07 Å². The summed E-state index contributed by atoms with van der Waals surface area (Å²) in [4.78, 5) is 14.4. The number of rotatable bonds is 4. The van der Waals surface area contributed by atoms with Gasteiger partial charge in [0.2, 0.25) is 5.91 Å². The maximum Gasteiger partial charge on any atom is 0.239 e. The lowest BCUT2D eigenvalue weighted by atomic mass is 10.1. The maximum absolute atomic E-state index is 12.3. The van der Waals surface area contributed by atoms with Crippen LogP contribution in [0.4, 0.5) is 5.69 Å². The van der Waals surface area contributed by atoms with E-state index in [4.69, 9.17) is 22.1 Å². The third kappa shape index (κ3) is 4.33. The Morgan fingerprint density at radius 2 is 2.33 bits per heavy atom. The first-order valence-electron chi connectivity index (χ1n) is 7.13. The van der Waals surface area contributed by atoms with E-state index in [9.17, 15) is 4.79 Å². The molecule has 1 aliphatic rings. The Kier molecular flexibility index (Phi) is 5.45. The number of benzene rings is 1. The number of nitrogens with one attached hydrogen (secondary N) is 1. The van der Waals surface area contributed by atoms with Crippen molar-refractivity contribution in [3.05, 3.63) is 28.8 Å². The number of carbonyl (C=O) groups excluding carboxylic acids is 1. The molecular formula is C15H22ClN3O2. The number of carbonyl (C=O) groups is 1. The van der Waals surface area contributed by atoms with Crippen LogP contribution in [0.15, 0.2) is 18.2 Å². The minimum absolute atomic E-state index is 0.00346. The van der Waals surface area contributed by atoms with E-state index in [2.05, 4.69) is 10.2 Å². The van der Waals surface area contributed by atoms with E-state index in [0.29, 0.717) is 37.0 Å². The van der Waals surface area contributed by atoms with Crippen molar-refractivity contribution in [2.24, 2.45) is 0 Å². The molecule has 21 heavy (non-hydrogen) atoms. The maximum atomic E-state index is 12.3. The highest BCUT2D eigenvalue weighted by Gasteiger charge is 2.30. The number of anilines is 1. The molecule has 1 heterocycles. The van der Waals surface area contributed by atoms with Crippen LogP contribution in [0.5, 0.6) is 0 Å². The molecule has 0 aliphatic carbocycles. The summed E-state index contributed by atoms with van der Waals surface area (Å²) in [5.41, 5.74) is 7.32. The summed E-state index contributed by atoms with van der Waals surface area (Å²) in [5.74, 6) is -0.00346.